The van der Waals surface area contributed by atoms with Gasteiger partial charge in [0, 0.05) is 10.6 Å². The summed E-state index contributed by atoms with van der Waals surface area (Å²) in [5.41, 5.74) is 7.49. The van der Waals surface area contributed by atoms with Gasteiger partial charge in [-0.3, -0.25) is 9.69 Å². The highest BCUT2D eigenvalue weighted by atomic mass is 127. The maximum Gasteiger partial charge on any atom is 0.235 e. The van der Waals surface area contributed by atoms with Crippen LogP contribution in [-0.2, 0) is 16.8 Å². The summed E-state index contributed by atoms with van der Waals surface area (Å²) in [5, 5.41) is 0. The average molecular weight is 433 g/mol. The Labute approximate surface area is 155 Å². The van der Waals surface area contributed by atoms with E-state index in [9.17, 15) is 4.79 Å². The van der Waals surface area contributed by atoms with E-state index in [0.717, 1.165) is 14.7 Å². The molecule has 0 fully saturated rings. The first-order valence-corrected chi connectivity index (χ1v) is 8.92. The van der Waals surface area contributed by atoms with E-state index in [4.69, 9.17) is 10.7 Å². The molecule has 0 aliphatic carbocycles. The van der Waals surface area contributed by atoms with Crippen LogP contribution in [0, 0.1) is 9.49 Å². The molecule has 0 bridgehead atoms. The molecule has 0 spiro atoms. The molecule has 3 rings (SSSR count). The number of nitrogens with two attached hydrogens (primary N) is 1. The van der Waals surface area contributed by atoms with Gasteiger partial charge in [0.2, 0.25) is 5.91 Å². The van der Waals surface area contributed by atoms with E-state index in [-0.39, 0.29) is 17.8 Å². The normalized spacial score (nSPS) is 24.0. The van der Waals surface area contributed by atoms with Crippen molar-refractivity contribution in [1.82, 2.24) is 4.90 Å². The molecule has 2 aromatic carbocycles. The first-order chi connectivity index (χ1) is 11.4. The van der Waals surface area contributed by atoms with Gasteiger partial charge >= 0.3 is 0 Å². The second-order valence-corrected chi connectivity index (χ2v) is 7.51. The number of carbonyl (C=O) groups is 1. The molecular weight excluding hydrogens is 413 g/mol. The minimum absolute atomic E-state index is 0.00714. The Bertz CT molecular complexity index is 790. The molecule has 1 amide bonds. The van der Waals surface area contributed by atoms with E-state index in [2.05, 4.69) is 28.7 Å². The highest BCUT2D eigenvalue weighted by Crippen LogP contribution is 2.39. The van der Waals surface area contributed by atoms with Crippen LogP contribution in [0.5, 0.6) is 0 Å². The number of rotatable bonds is 3. The highest BCUT2D eigenvalue weighted by Gasteiger charge is 2.46. The summed E-state index contributed by atoms with van der Waals surface area (Å²) >= 11 is 2.28. The highest BCUT2D eigenvalue weighted by molar-refractivity contribution is 14.1. The van der Waals surface area contributed by atoms with Crippen LogP contribution in [0.15, 0.2) is 59.6 Å². The standard InChI is InChI=1S/C19H20IN3O/c1-19(14-9-6-10-15(20)12-14)16(11-13-7-4-3-5-8-13)17(24)23(2)18(21)22-19/h3-10,12,16H,11H2,1-2H3,(H2,21,22)/t16-,19+/m0/s1. The molecule has 0 unspecified atom stereocenters. The van der Waals surface area contributed by atoms with Crippen molar-refractivity contribution >= 4 is 34.5 Å². The largest absolute Gasteiger partial charge is 0.369 e. The molecule has 0 aromatic heterocycles. The summed E-state index contributed by atoms with van der Waals surface area (Å²) in [6.45, 7) is 2.00. The fourth-order valence-corrected chi connectivity index (χ4v) is 3.73. The lowest BCUT2D eigenvalue weighted by Gasteiger charge is -2.40. The van der Waals surface area contributed by atoms with Gasteiger partial charge in [-0.15, -0.1) is 0 Å². The van der Waals surface area contributed by atoms with Crippen LogP contribution < -0.4 is 5.73 Å². The average Bonchev–Trinajstić information content (AvgIpc) is 2.58. The Morgan fingerprint density at radius 2 is 1.92 bits per heavy atom. The van der Waals surface area contributed by atoms with E-state index in [1.807, 2.05) is 55.5 Å². The van der Waals surface area contributed by atoms with Crippen LogP contribution in [-0.4, -0.2) is 23.8 Å². The van der Waals surface area contributed by atoms with Gasteiger partial charge in [-0.05, 0) is 59.2 Å². The molecule has 2 atom stereocenters. The number of hydrogen-bond acceptors (Lipinski definition) is 3. The van der Waals surface area contributed by atoms with E-state index >= 15 is 0 Å². The van der Waals surface area contributed by atoms with Crippen LogP contribution >= 0.6 is 22.6 Å². The zero-order valence-corrected chi connectivity index (χ0v) is 15.9. The first-order valence-electron chi connectivity index (χ1n) is 7.84. The molecule has 124 valence electrons. The number of aliphatic imine (C=N–C) groups is 1. The van der Waals surface area contributed by atoms with Crippen LogP contribution in [0.1, 0.15) is 18.1 Å². The molecule has 0 saturated heterocycles. The maximum atomic E-state index is 13.0. The SMILES string of the molecule is CN1C(=O)[C@H](Cc2ccccc2)[C@@](C)(c2cccc(I)c2)N=C1N. The van der Waals surface area contributed by atoms with E-state index < -0.39 is 5.54 Å². The van der Waals surface area contributed by atoms with Gasteiger partial charge in [0.25, 0.3) is 0 Å². The Hall–Kier alpha value is -1.89. The minimum atomic E-state index is -0.676. The number of carbonyl (C=O) groups excluding carboxylic acids is 1. The molecule has 1 heterocycles. The number of benzene rings is 2. The van der Waals surface area contributed by atoms with Gasteiger partial charge < -0.3 is 5.73 Å². The van der Waals surface area contributed by atoms with Crippen LogP contribution in [0.2, 0.25) is 0 Å². The maximum absolute atomic E-state index is 13.0. The Kier molecular flexibility index (Phi) is 4.62. The van der Waals surface area contributed by atoms with E-state index in [1.54, 1.807) is 7.05 Å². The van der Waals surface area contributed by atoms with Crippen molar-refractivity contribution in [3.8, 4) is 0 Å². The number of halogens is 1. The summed E-state index contributed by atoms with van der Waals surface area (Å²) in [6, 6.07) is 18.2. The summed E-state index contributed by atoms with van der Waals surface area (Å²) in [5.74, 6) is -0.0196. The summed E-state index contributed by atoms with van der Waals surface area (Å²) in [4.78, 5) is 19.2. The second kappa shape index (κ2) is 6.55. The molecule has 1 aliphatic rings. The number of amides is 1. The van der Waals surface area contributed by atoms with Gasteiger partial charge in [0.1, 0.15) is 0 Å². The topological polar surface area (TPSA) is 58.7 Å². The van der Waals surface area contributed by atoms with Crippen molar-refractivity contribution < 1.29 is 4.79 Å². The Morgan fingerprint density at radius 1 is 1.21 bits per heavy atom. The van der Waals surface area contributed by atoms with Crippen molar-refractivity contribution in [2.24, 2.45) is 16.6 Å². The molecule has 0 radical (unpaired) electrons. The van der Waals surface area contributed by atoms with E-state index in [0.29, 0.717) is 6.42 Å². The lowest BCUT2D eigenvalue weighted by molar-refractivity contribution is -0.134. The lowest BCUT2D eigenvalue weighted by Crippen LogP contribution is -2.54. The van der Waals surface area contributed by atoms with Gasteiger partial charge in [-0.2, -0.15) is 0 Å². The quantitative estimate of drug-likeness (QED) is 0.757. The number of nitrogens with zero attached hydrogens (tertiary/aromatic N) is 2. The van der Waals surface area contributed by atoms with Gasteiger partial charge in [-0.1, -0.05) is 42.5 Å². The third-order valence-electron chi connectivity index (χ3n) is 4.69. The molecular formula is C19H20IN3O. The molecule has 1 aliphatic heterocycles. The first kappa shape index (κ1) is 17.0. The molecule has 2 aromatic rings. The van der Waals surface area contributed by atoms with Crippen LogP contribution in [0.25, 0.3) is 0 Å². The fourth-order valence-electron chi connectivity index (χ4n) is 3.18. The number of guanidine groups is 1. The van der Waals surface area contributed by atoms with Crippen molar-refractivity contribution in [3.63, 3.8) is 0 Å². The zero-order valence-electron chi connectivity index (χ0n) is 13.7. The Morgan fingerprint density at radius 3 is 2.58 bits per heavy atom. The van der Waals surface area contributed by atoms with Crippen LogP contribution in [0.4, 0.5) is 0 Å². The molecule has 2 N–H and O–H groups in total. The number of hydrogen-bond donors (Lipinski definition) is 1. The smallest absolute Gasteiger partial charge is 0.235 e. The van der Waals surface area contributed by atoms with Crippen LogP contribution in [0.3, 0.4) is 0 Å². The van der Waals surface area contributed by atoms with Crippen molar-refractivity contribution in [2.75, 3.05) is 7.05 Å². The zero-order chi connectivity index (χ0) is 17.3. The third-order valence-corrected chi connectivity index (χ3v) is 5.36. The predicted molar refractivity (Wildman–Crippen MR) is 105 cm³/mol. The summed E-state index contributed by atoms with van der Waals surface area (Å²) in [7, 11) is 1.69. The summed E-state index contributed by atoms with van der Waals surface area (Å²) < 4.78 is 1.12. The van der Waals surface area contributed by atoms with E-state index in [1.165, 1.54) is 4.90 Å². The second-order valence-electron chi connectivity index (χ2n) is 6.27. The third kappa shape index (κ3) is 3.05. The Balaban J connectivity index is 2.09. The molecule has 4 nitrogen and oxygen atoms in total. The van der Waals surface area contributed by atoms with Gasteiger partial charge in [-0.25, -0.2) is 4.99 Å². The van der Waals surface area contributed by atoms with Crippen molar-refractivity contribution in [2.45, 2.75) is 18.9 Å². The van der Waals surface area contributed by atoms with Crippen molar-refractivity contribution in [3.05, 3.63) is 69.3 Å². The fraction of sp³-hybridized carbons (Fsp3) is 0.263. The van der Waals surface area contributed by atoms with Gasteiger partial charge in [0.15, 0.2) is 5.96 Å². The monoisotopic (exact) mass is 433 g/mol. The molecule has 24 heavy (non-hydrogen) atoms. The minimum Gasteiger partial charge on any atom is -0.369 e. The summed E-state index contributed by atoms with van der Waals surface area (Å²) in [6.07, 6.45) is 0.628. The van der Waals surface area contributed by atoms with Gasteiger partial charge in [0.05, 0.1) is 11.5 Å². The molecule has 0 saturated carbocycles. The predicted octanol–water partition coefficient (Wildman–Crippen LogP) is 3.15. The lowest BCUT2D eigenvalue weighted by atomic mass is 9.75. The molecule has 5 heteroatoms. The van der Waals surface area contributed by atoms with Crippen molar-refractivity contribution in [1.29, 1.82) is 0 Å².